The number of amides is 1. The van der Waals surface area contributed by atoms with Gasteiger partial charge in [-0.25, -0.2) is 4.39 Å². The number of anilines is 1. The zero-order chi connectivity index (χ0) is 18.0. The summed E-state index contributed by atoms with van der Waals surface area (Å²) in [5.74, 6) is 0.180. The Labute approximate surface area is 149 Å². The standard InChI is InChI=1S/C18H17ClFNO4/c1-10(22)13-9-12(2-3-15(13)20)21-17(23)8-11-6-14(19)18-16(7-11)24-4-5-25-18/h2-3,6-7,9-10,22H,4-5,8H2,1H3,(H,21,23)/t10-/m1/s1. The molecule has 5 nitrogen and oxygen atoms in total. The molecule has 2 aromatic carbocycles. The van der Waals surface area contributed by atoms with Crippen molar-refractivity contribution >= 4 is 23.2 Å². The Morgan fingerprint density at radius 1 is 1.32 bits per heavy atom. The molecule has 0 saturated heterocycles. The summed E-state index contributed by atoms with van der Waals surface area (Å²) in [6.45, 7) is 2.32. The zero-order valence-electron chi connectivity index (χ0n) is 13.5. The number of halogens is 2. The van der Waals surface area contributed by atoms with E-state index in [0.29, 0.717) is 41.0 Å². The van der Waals surface area contributed by atoms with Crippen molar-refractivity contribution in [2.24, 2.45) is 0 Å². The normalized spacial score (nSPS) is 14.1. The summed E-state index contributed by atoms with van der Waals surface area (Å²) >= 11 is 6.16. The lowest BCUT2D eigenvalue weighted by Crippen LogP contribution is -2.17. The molecule has 3 rings (SSSR count). The van der Waals surface area contributed by atoms with E-state index >= 15 is 0 Å². The van der Waals surface area contributed by atoms with Crippen molar-refractivity contribution in [3.8, 4) is 11.5 Å². The zero-order valence-corrected chi connectivity index (χ0v) is 14.3. The van der Waals surface area contributed by atoms with Crippen molar-refractivity contribution in [1.29, 1.82) is 0 Å². The van der Waals surface area contributed by atoms with E-state index in [0.717, 1.165) is 0 Å². The first kappa shape index (κ1) is 17.5. The van der Waals surface area contributed by atoms with E-state index in [2.05, 4.69) is 5.32 Å². The minimum absolute atomic E-state index is 0.0672. The fourth-order valence-electron chi connectivity index (χ4n) is 2.60. The second-order valence-corrected chi connectivity index (χ2v) is 6.15. The maximum absolute atomic E-state index is 13.6. The summed E-state index contributed by atoms with van der Waals surface area (Å²) < 4.78 is 24.5. The maximum atomic E-state index is 13.6. The van der Waals surface area contributed by atoms with Crippen molar-refractivity contribution < 1.29 is 23.8 Å². The summed E-state index contributed by atoms with van der Waals surface area (Å²) in [5.41, 5.74) is 1.20. The van der Waals surface area contributed by atoms with Gasteiger partial charge in [-0.3, -0.25) is 4.79 Å². The van der Waals surface area contributed by atoms with Crippen LogP contribution in [-0.2, 0) is 11.2 Å². The fraction of sp³-hybridized carbons (Fsp3) is 0.278. The van der Waals surface area contributed by atoms with E-state index < -0.39 is 11.9 Å². The summed E-state index contributed by atoms with van der Waals surface area (Å²) in [4.78, 5) is 12.2. The Hall–Kier alpha value is -2.31. The van der Waals surface area contributed by atoms with Crippen LogP contribution in [0.15, 0.2) is 30.3 Å². The van der Waals surface area contributed by atoms with Gasteiger partial charge in [-0.15, -0.1) is 0 Å². The average Bonchev–Trinajstić information content (AvgIpc) is 2.56. The molecule has 0 saturated carbocycles. The lowest BCUT2D eigenvalue weighted by atomic mass is 10.1. The number of carbonyl (C=O) groups excluding carboxylic acids is 1. The molecule has 0 bridgehead atoms. The molecule has 1 aliphatic rings. The van der Waals surface area contributed by atoms with E-state index in [9.17, 15) is 14.3 Å². The molecule has 132 valence electrons. The summed E-state index contributed by atoms with van der Waals surface area (Å²) in [7, 11) is 0. The van der Waals surface area contributed by atoms with Crippen LogP contribution in [0.4, 0.5) is 10.1 Å². The highest BCUT2D eigenvalue weighted by molar-refractivity contribution is 6.32. The van der Waals surface area contributed by atoms with Crippen LogP contribution in [-0.4, -0.2) is 24.2 Å². The van der Waals surface area contributed by atoms with Gasteiger partial charge in [-0.05, 0) is 42.8 Å². The van der Waals surface area contributed by atoms with Crippen LogP contribution in [0, 0.1) is 5.82 Å². The number of hydrogen-bond donors (Lipinski definition) is 2. The number of nitrogens with one attached hydrogen (secondary N) is 1. The summed E-state index contributed by atoms with van der Waals surface area (Å²) in [6, 6.07) is 7.43. The number of hydrogen-bond acceptors (Lipinski definition) is 4. The molecule has 1 amide bonds. The van der Waals surface area contributed by atoms with Gasteiger partial charge in [0, 0.05) is 11.3 Å². The third-order valence-corrected chi connectivity index (χ3v) is 4.03. The number of rotatable bonds is 4. The SMILES string of the molecule is C[C@@H](O)c1cc(NC(=O)Cc2cc(Cl)c3c(c2)OCCO3)ccc1F. The Morgan fingerprint density at radius 3 is 2.84 bits per heavy atom. The van der Waals surface area contributed by atoms with Gasteiger partial charge in [-0.2, -0.15) is 0 Å². The predicted octanol–water partition coefficient (Wildman–Crippen LogP) is 3.48. The molecule has 1 aliphatic heterocycles. The lowest BCUT2D eigenvalue weighted by molar-refractivity contribution is -0.115. The monoisotopic (exact) mass is 365 g/mol. The maximum Gasteiger partial charge on any atom is 0.228 e. The molecular formula is C18H17ClFNO4. The second-order valence-electron chi connectivity index (χ2n) is 5.74. The first-order chi connectivity index (χ1) is 11.9. The van der Waals surface area contributed by atoms with E-state index in [4.69, 9.17) is 21.1 Å². The topological polar surface area (TPSA) is 67.8 Å². The van der Waals surface area contributed by atoms with Gasteiger partial charge < -0.3 is 19.9 Å². The summed E-state index contributed by atoms with van der Waals surface area (Å²) in [5, 5.41) is 12.6. The molecule has 25 heavy (non-hydrogen) atoms. The van der Waals surface area contributed by atoms with Gasteiger partial charge in [0.25, 0.3) is 0 Å². The number of ether oxygens (including phenoxy) is 2. The van der Waals surface area contributed by atoms with Crippen molar-refractivity contribution in [3.63, 3.8) is 0 Å². The average molecular weight is 366 g/mol. The van der Waals surface area contributed by atoms with Crippen molar-refractivity contribution in [2.75, 3.05) is 18.5 Å². The number of aliphatic hydroxyl groups excluding tert-OH is 1. The predicted molar refractivity (Wildman–Crippen MR) is 91.8 cm³/mol. The van der Waals surface area contributed by atoms with E-state index in [-0.39, 0.29) is 17.9 Å². The highest BCUT2D eigenvalue weighted by Gasteiger charge is 2.18. The van der Waals surface area contributed by atoms with Crippen molar-refractivity contribution in [3.05, 3.63) is 52.3 Å². The Balaban J connectivity index is 1.73. The first-order valence-electron chi connectivity index (χ1n) is 7.79. The van der Waals surface area contributed by atoms with E-state index in [1.54, 1.807) is 12.1 Å². The molecule has 0 spiro atoms. The Bertz CT molecular complexity index is 810. The Morgan fingerprint density at radius 2 is 2.08 bits per heavy atom. The number of aliphatic hydroxyl groups is 1. The smallest absolute Gasteiger partial charge is 0.228 e. The van der Waals surface area contributed by atoms with Gasteiger partial charge in [-0.1, -0.05) is 11.6 Å². The van der Waals surface area contributed by atoms with Crippen LogP contribution >= 0.6 is 11.6 Å². The summed E-state index contributed by atoms with van der Waals surface area (Å²) in [6.07, 6.45) is -0.897. The van der Waals surface area contributed by atoms with Gasteiger partial charge in [0.1, 0.15) is 19.0 Å². The van der Waals surface area contributed by atoms with Crippen LogP contribution in [0.2, 0.25) is 5.02 Å². The number of carbonyl (C=O) groups is 1. The minimum atomic E-state index is -0.964. The van der Waals surface area contributed by atoms with Gasteiger partial charge in [0.15, 0.2) is 11.5 Å². The molecule has 0 fully saturated rings. The largest absolute Gasteiger partial charge is 0.486 e. The van der Waals surface area contributed by atoms with Gasteiger partial charge >= 0.3 is 0 Å². The van der Waals surface area contributed by atoms with Crippen LogP contribution in [0.25, 0.3) is 0 Å². The van der Waals surface area contributed by atoms with Crippen LogP contribution in [0.1, 0.15) is 24.2 Å². The third-order valence-electron chi connectivity index (χ3n) is 3.75. The molecule has 0 aliphatic carbocycles. The Kier molecular flexibility index (Phi) is 5.11. The minimum Gasteiger partial charge on any atom is -0.486 e. The van der Waals surface area contributed by atoms with Crippen LogP contribution in [0.5, 0.6) is 11.5 Å². The van der Waals surface area contributed by atoms with Crippen LogP contribution < -0.4 is 14.8 Å². The van der Waals surface area contributed by atoms with Gasteiger partial charge in [0.2, 0.25) is 5.91 Å². The highest BCUT2D eigenvalue weighted by atomic mass is 35.5. The molecule has 1 heterocycles. The second kappa shape index (κ2) is 7.29. The lowest BCUT2D eigenvalue weighted by Gasteiger charge is -2.20. The van der Waals surface area contributed by atoms with Crippen molar-refractivity contribution in [1.82, 2.24) is 0 Å². The molecule has 2 N–H and O–H groups in total. The number of fused-ring (bicyclic) bond motifs is 1. The highest BCUT2D eigenvalue weighted by Crippen LogP contribution is 2.38. The molecule has 0 radical (unpaired) electrons. The third kappa shape index (κ3) is 4.03. The van der Waals surface area contributed by atoms with Crippen molar-refractivity contribution in [2.45, 2.75) is 19.4 Å². The molecular weight excluding hydrogens is 349 g/mol. The number of benzene rings is 2. The van der Waals surface area contributed by atoms with E-state index in [1.165, 1.54) is 25.1 Å². The molecule has 2 aromatic rings. The fourth-order valence-corrected chi connectivity index (χ4v) is 2.89. The quantitative estimate of drug-likeness (QED) is 0.870. The first-order valence-corrected chi connectivity index (χ1v) is 8.17. The molecule has 7 heteroatoms. The molecule has 0 aromatic heterocycles. The van der Waals surface area contributed by atoms with E-state index in [1.807, 2.05) is 0 Å². The van der Waals surface area contributed by atoms with Gasteiger partial charge in [0.05, 0.1) is 17.5 Å². The molecule has 1 atom stereocenters. The van der Waals surface area contributed by atoms with Crippen LogP contribution in [0.3, 0.4) is 0 Å². The molecule has 0 unspecified atom stereocenters.